The summed E-state index contributed by atoms with van der Waals surface area (Å²) in [5.41, 5.74) is 0.278. The van der Waals surface area contributed by atoms with Crippen LogP contribution in [0.3, 0.4) is 0 Å². The molecule has 0 amide bonds. The van der Waals surface area contributed by atoms with Gasteiger partial charge in [0.1, 0.15) is 12.2 Å². The van der Waals surface area contributed by atoms with E-state index in [1.165, 1.54) is 12.8 Å². The standard InChI is InChI=1S/C13H26N4/c1-5-8-14-9-7-13(3,4)10-12-15-11-16-17(12)6-2/h11,14H,5-10H2,1-4H3. The molecule has 1 heterocycles. The maximum atomic E-state index is 4.35. The number of hydrogen-bond donors (Lipinski definition) is 1. The lowest BCUT2D eigenvalue weighted by molar-refractivity contribution is 0.313. The van der Waals surface area contributed by atoms with E-state index in [0.29, 0.717) is 0 Å². The topological polar surface area (TPSA) is 42.7 Å². The second kappa shape index (κ2) is 6.74. The Morgan fingerprint density at radius 1 is 1.29 bits per heavy atom. The lowest BCUT2D eigenvalue weighted by atomic mass is 9.85. The third-order valence-electron chi connectivity index (χ3n) is 3.04. The third kappa shape index (κ3) is 4.86. The predicted molar refractivity (Wildman–Crippen MR) is 71.0 cm³/mol. The normalized spacial score (nSPS) is 12.0. The van der Waals surface area contributed by atoms with Gasteiger partial charge in [0.15, 0.2) is 0 Å². The van der Waals surface area contributed by atoms with Crippen molar-refractivity contribution in [1.82, 2.24) is 20.1 Å². The smallest absolute Gasteiger partial charge is 0.138 e. The van der Waals surface area contributed by atoms with E-state index in [1.54, 1.807) is 6.33 Å². The molecule has 0 spiro atoms. The zero-order valence-corrected chi connectivity index (χ0v) is 11.7. The molecule has 0 aliphatic rings. The molecule has 0 aliphatic carbocycles. The summed E-state index contributed by atoms with van der Waals surface area (Å²) in [5.74, 6) is 1.10. The van der Waals surface area contributed by atoms with Crippen molar-refractivity contribution < 1.29 is 0 Å². The van der Waals surface area contributed by atoms with E-state index in [-0.39, 0.29) is 5.41 Å². The predicted octanol–water partition coefficient (Wildman–Crippen LogP) is 2.26. The minimum absolute atomic E-state index is 0.278. The molecule has 1 N–H and O–H groups in total. The Kier molecular flexibility index (Phi) is 5.62. The number of rotatable bonds is 8. The second-order valence-electron chi connectivity index (χ2n) is 5.33. The zero-order valence-electron chi connectivity index (χ0n) is 11.7. The first-order chi connectivity index (χ1) is 8.09. The molecule has 0 fully saturated rings. The molecule has 1 rings (SSSR count). The molecule has 0 saturated carbocycles. The van der Waals surface area contributed by atoms with E-state index in [0.717, 1.165) is 31.9 Å². The lowest BCUT2D eigenvalue weighted by Gasteiger charge is -2.24. The molecule has 1 aromatic rings. The van der Waals surface area contributed by atoms with Crippen molar-refractivity contribution >= 4 is 0 Å². The van der Waals surface area contributed by atoms with Crippen LogP contribution >= 0.6 is 0 Å². The average Bonchev–Trinajstić information content (AvgIpc) is 2.71. The molecule has 0 bridgehead atoms. The molecule has 1 aromatic heterocycles. The fourth-order valence-electron chi connectivity index (χ4n) is 1.93. The van der Waals surface area contributed by atoms with Crippen molar-refractivity contribution in [2.75, 3.05) is 13.1 Å². The van der Waals surface area contributed by atoms with Gasteiger partial charge in [0.25, 0.3) is 0 Å². The van der Waals surface area contributed by atoms with E-state index in [9.17, 15) is 0 Å². The van der Waals surface area contributed by atoms with Crippen LogP contribution in [0.15, 0.2) is 6.33 Å². The summed E-state index contributed by atoms with van der Waals surface area (Å²) >= 11 is 0. The lowest BCUT2D eigenvalue weighted by Crippen LogP contribution is -2.25. The Balaban J connectivity index is 2.42. The van der Waals surface area contributed by atoms with Gasteiger partial charge in [0.2, 0.25) is 0 Å². The number of nitrogens with zero attached hydrogens (tertiary/aromatic N) is 3. The molecular formula is C13H26N4. The Hall–Kier alpha value is -0.900. The van der Waals surface area contributed by atoms with Crippen molar-refractivity contribution in [3.63, 3.8) is 0 Å². The van der Waals surface area contributed by atoms with Gasteiger partial charge in [-0.1, -0.05) is 20.8 Å². The second-order valence-corrected chi connectivity index (χ2v) is 5.33. The molecule has 0 radical (unpaired) electrons. The minimum atomic E-state index is 0.278. The molecular weight excluding hydrogens is 212 g/mol. The molecule has 0 aromatic carbocycles. The number of aryl methyl sites for hydroxylation is 1. The van der Waals surface area contributed by atoms with Crippen molar-refractivity contribution in [3.8, 4) is 0 Å². The summed E-state index contributed by atoms with van der Waals surface area (Å²) in [5, 5.41) is 7.68. The van der Waals surface area contributed by atoms with Gasteiger partial charge in [-0.05, 0) is 38.3 Å². The van der Waals surface area contributed by atoms with Crippen LogP contribution in [0.2, 0.25) is 0 Å². The van der Waals surface area contributed by atoms with E-state index in [4.69, 9.17) is 0 Å². The molecule has 0 atom stereocenters. The summed E-state index contributed by atoms with van der Waals surface area (Å²) in [6.45, 7) is 12.0. The van der Waals surface area contributed by atoms with Crippen LogP contribution in [0, 0.1) is 5.41 Å². The highest BCUT2D eigenvalue weighted by atomic mass is 15.3. The Morgan fingerprint density at radius 2 is 2.06 bits per heavy atom. The molecule has 0 saturated heterocycles. The number of hydrogen-bond acceptors (Lipinski definition) is 3. The first kappa shape index (κ1) is 14.2. The van der Waals surface area contributed by atoms with Gasteiger partial charge in [-0.15, -0.1) is 0 Å². The van der Waals surface area contributed by atoms with Gasteiger partial charge in [0, 0.05) is 13.0 Å². The summed E-state index contributed by atoms with van der Waals surface area (Å²) in [7, 11) is 0. The van der Waals surface area contributed by atoms with Crippen LogP contribution in [0.1, 0.15) is 46.4 Å². The highest BCUT2D eigenvalue weighted by molar-refractivity contribution is 4.90. The van der Waals surface area contributed by atoms with Crippen LogP contribution in [-0.2, 0) is 13.0 Å². The summed E-state index contributed by atoms with van der Waals surface area (Å²) < 4.78 is 1.99. The fraction of sp³-hybridized carbons (Fsp3) is 0.846. The fourth-order valence-corrected chi connectivity index (χ4v) is 1.93. The molecule has 98 valence electrons. The van der Waals surface area contributed by atoms with Gasteiger partial charge in [0.05, 0.1) is 0 Å². The molecule has 4 nitrogen and oxygen atoms in total. The highest BCUT2D eigenvalue weighted by Crippen LogP contribution is 2.24. The first-order valence-corrected chi connectivity index (χ1v) is 6.66. The van der Waals surface area contributed by atoms with Gasteiger partial charge >= 0.3 is 0 Å². The first-order valence-electron chi connectivity index (χ1n) is 6.66. The SMILES string of the molecule is CCCNCCC(C)(C)Cc1ncnn1CC. The van der Waals surface area contributed by atoms with Crippen LogP contribution in [0.5, 0.6) is 0 Å². The largest absolute Gasteiger partial charge is 0.317 e. The van der Waals surface area contributed by atoms with Crippen molar-refractivity contribution in [2.45, 2.75) is 53.5 Å². The summed E-state index contributed by atoms with van der Waals surface area (Å²) in [6, 6.07) is 0. The molecule has 4 heteroatoms. The molecule has 17 heavy (non-hydrogen) atoms. The van der Waals surface area contributed by atoms with Crippen molar-refractivity contribution in [1.29, 1.82) is 0 Å². The Morgan fingerprint density at radius 3 is 2.71 bits per heavy atom. The third-order valence-corrected chi connectivity index (χ3v) is 3.04. The van der Waals surface area contributed by atoms with Crippen molar-refractivity contribution in [3.05, 3.63) is 12.2 Å². The quantitative estimate of drug-likeness (QED) is 0.706. The van der Waals surface area contributed by atoms with Gasteiger partial charge in [-0.3, -0.25) is 4.68 Å². The number of aromatic nitrogens is 3. The van der Waals surface area contributed by atoms with Gasteiger partial charge < -0.3 is 5.32 Å². The van der Waals surface area contributed by atoms with E-state index < -0.39 is 0 Å². The van der Waals surface area contributed by atoms with Crippen LogP contribution < -0.4 is 5.32 Å². The maximum Gasteiger partial charge on any atom is 0.138 e. The Bertz CT molecular complexity index is 317. The monoisotopic (exact) mass is 238 g/mol. The zero-order chi connectivity index (χ0) is 12.7. The van der Waals surface area contributed by atoms with Gasteiger partial charge in [-0.25, -0.2) is 4.98 Å². The summed E-state index contributed by atoms with van der Waals surface area (Å²) in [6.07, 6.45) is 5.02. The van der Waals surface area contributed by atoms with Crippen LogP contribution in [-0.4, -0.2) is 27.9 Å². The minimum Gasteiger partial charge on any atom is -0.317 e. The van der Waals surface area contributed by atoms with Gasteiger partial charge in [-0.2, -0.15) is 5.10 Å². The maximum absolute atomic E-state index is 4.35. The van der Waals surface area contributed by atoms with Crippen LogP contribution in [0.4, 0.5) is 0 Å². The average molecular weight is 238 g/mol. The number of nitrogens with one attached hydrogen (secondary N) is 1. The van der Waals surface area contributed by atoms with Crippen LogP contribution in [0.25, 0.3) is 0 Å². The highest BCUT2D eigenvalue weighted by Gasteiger charge is 2.20. The van der Waals surface area contributed by atoms with E-state index in [2.05, 4.69) is 43.1 Å². The van der Waals surface area contributed by atoms with E-state index >= 15 is 0 Å². The Labute approximate surface area is 105 Å². The van der Waals surface area contributed by atoms with E-state index in [1.807, 2.05) is 4.68 Å². The molecule has 0 aliphatic heterocycles. The molecule has 0 unspecified atom stereocenters. The summed E-state index contributed by atoms with van der Waals surface area (Å²) in [4.78, 5) is 4.35. The van der Waals surface area contributed by atoms with Crippen molar-refractivity contribution in [2.24, 2.45) is 5.41 Å².